The van der Waals surface area contributed by atoms with Crippen LogP contribution in [0.3, 0.4) is 0 Å². The van der Waals surface area contributed by atoms with Gasteiger partial charge in [0.05, 0.1) is 15.5 Å². The predicted molar refractivity (Wildman–Crippen MR) is 83.3 cm³/mol. The Morgan fingerprint density at radius 2 is 2.10 bits per heavy atom. The van der Waals surface area contributed by atoms with Crippen molar-refractivity contribution in [1.29, 1.82) is 0 Å². The van der Waals surface area contributed by atoms with E-state index in [1.807, 2.05) is 25.1 Å². The van der Waals surface area contributed by atoms with E-state index in [1.54, 1.807) is 12.1 Å². The van der Waals surface area contributed by atoms with E-state index < -0.39 is 4.92 Å². The number of anilines is 1. The first kappa shape index (κ1) is 14.7. The molecular formula is C14H13ClN2O2S. The van der Waals surface area contributed by atoms with Crippen molar-refractivity contribution in [2.75, 3.05) is 5.73 Å². The van der Waals surface area contributed by atoms with Gasteiger partial charge in [0.15, 0.2) is 0 Å². The smallest absolute Gasteiger partial charge is 0.274 e. The molecule has 0 saturated heterocycles. The van der Waals surface area contributed by atoms with Gasteiger partial charge in [-0.15, -0.1) is 11.8 Å². The predicted octanol–water partition coefficient (Wildman–Crippen LogP) is 4.43. The van der Waals surface area contributed by atoms with Gasteiger partial charge in [0.1, 0.15) is 0 Å². The molecule has 0 radical (unpaired) electrons. The molecule has 2 aromatic carbocycles. The Morgan fingerprint density at radius 1 is 1.35 bits per heavy atom. The maximum atomic E-state index is 11.0. The van der Waals surface area contributed by atoms with Gasteiger partial charge in [-0.05, 0) is 30.7 Å². The van der Waals surface area contributed by atoms with Crippen LogP contribution in [0.4, 0.5) is 11.4 Å². The van der Waals surface area contributed by atoms with Crippen LogP contribution < -0.4 is 5.73 Å². The lowest BCUT2D eigenvalue weighted by Gasteiger charge is -2.08. The molecular weight excluding hydrogens is 296 g/mol. The van der Waals surface area contributed by atoms with E-state index in [-0.39, 0.29) is 5.69 Å². The van der Waals surface area contributed by atoms with Crippen LogP contribution in [0.1, 0.15) is 11.1 Å². The van der Waals surface area contributed by atoms with Gasteiger partial charge in [-0.1, -0.05) is 23.7 Å². The van der Waals surface area contributed by atoms with E-state index in [9.17, 15) is 10.1 Å². The van der Waals surface area contributed by atoms with Crippen molar-refractivity contribution < 1.29 is 4.92 Å². The van der Waals surface area contributed by atoms with E-state index in [2.05, 4.69) is 0 Å². The van der Waals surface area contributed by atoms with Crippen LogP contribution in [-0.4, -0.2) is 4.92 Å². The van der Waals surface area contributed by atoms with Gasteiger partial charge < -0.3 is 5.73 Å². The number of hydrogen-bond donors (Lipinski definition) is 1. The number of nitro groups is 1. The highest BCUT2D eigenvalue weighted by Crippen LogP contribution is 2.34. The number of rotatable bonds is 4. The quantitative estimate of drug-likeness (QED) is 0.392. The van der Waals surface area contributed by atoms with Crippen molar-refractivity contribution in [1.82, 2.24) is 0 Å². The molecule has 4 nitrogen and oxygen atoms in total. The van der Waals surface area contributed by atoms with E-state index in [0.717, 1.165) is 10.5 Å². The Morgan fingerprint density at radius 3 is 2.75 bits per heavy atom. The lowest BCUT2D eigenvalue weighted by molar-refractivity contribution is -0.385. The van der Waals surface area contributed by atoms with Crippen molar-refractivity contribution in [2.24, 2.45) is 0 Å². The molecule has 0 fully saturated rings. The third kappa shape index (κ3) is 3.23. The van der Waals surface area contributed by atoms with Gasteiger partial charge in [0.25, 0.3) is 5.69 Å². The van der Waals surface area contributed by atoms with Crippen LogP contribution in [0.2, 0.25) is 5.02 Å². The summed E-state index contributed by atoms with van der Waals surface area (Å²) in [6.07, 6.45) is 0. The Balaban J connectivity index is 2.25. The first-order valence-corrected chi connectivity index (χ1v) is 7.26. The minimum absolute atomic E-state index is 0.0377. The van der Waals surface area contributed by atoms with Gasteiger partial charge in [-0.2, -0.15) is 0 Å². The second kappa shape index (κ2) is 6.15. The number of nitrogen functional groups attached to an aromatic ring is 1. The van der Waals surface area contributed by atoms with Crippen LogP contribution in [0.25, 0.3) is 0 Å². The molecule has 2 rings (SSSR count). The largest absolute Gasteiger partial charge is 0.398 e. The molecule has 0 atom stereocenters. The Labute approximate surface area is 126 Å². The van der Waals surface area contributed by atoms with E-state index >= 15 is 0 Å². The average Bonchev–Trinajstić information content (AvgIpc) is 2.38. The maximum Gasteiger partial charge on any atom is 0.274 e. The first-order chi connectivity index (χ1) is 9.49. The standard InChI is InChI=1S/C14H13ClN2O2S/c1-9-5-6-14(12(16)7-9)20-8-10-11(15)3-2-4-13(10)17(18)19/h2-7H,8,16H2,1H3. The first-order valence-electron chi connectivity index (χ1n) is 5.89. The molecule has 0 amide bonds. The molecule has 6 heteroatoms. The zero-order valence-electron chi connectivity index (χ0n) is 10.8. The molecule has 0 unspecified atom stereocenters. The molecule has 0 spiro atoms. The fraction of sp³-hybridized carbons (Fsp3) is 0.143. The highest BCUT2D eigenvalue weighted by molar-refractivity contribution is 7.98. The summed E-state index contributed by atoms with van der Waals surface area (Å²) in [6, 6.07) is 10.4. The van der Waals surface area contributed by atoms with Crippen molar-refractivity contribution in [2.45, 2.75) is 17.6 Å². The number of nitrogens with zero attached hydrogens (tertiary/aromatic N) is 1. The topological polar surface area (TPSA) is 69.2 Å². The summed E-state index contributed by atoms with van der Waals surface area (Å²) >= 11 is 7.50. The molecule has 0 aliphatic rings. The Kier molecular flexibility index (Phi) is 4.52. The van der Waals surface area contributed by atoms with Crippen LogP contribution in [0.15, 0.2) is 41.3 Å². The number of nitro benzene ring substituents is 1. The minimum atomic E-state index is -0.416. The van der Waals surface area contributed by atoms with Gasteiger partial charge in [0.2, 0.25) is 0 Å². The highest BCUT2D eigenvalue weighted by Gasteiger charge is 2.17. The summed E-state index contributed by atoms with van der Waals surface area (Å²) in [6.45, 7) is 1.96. The molecule has 0 bridgehead atoms. The molecule has 104 valence electrons. The number of nitrogens with two attached hydrogens (primary N) is 1. The van der Waals surface area contributed by atoms with Crippen molar-refractivity contribution in [3.05, 3.63) is 62.7 Å². The third-order valence-electron chi connectivity index (χ3n) is 2.83. The molecule has 20 heavy (non-hydrogen) atoms. The summed E-state index contributed by atoms with van der Waals surface area (Å²) < 4.78 is 0. The van der Waals surface area contributed by atoms with Crippen molar-refractivity contribution in [3.63, 3.8) is 0 Å². The van der Waals surface area contributed by atoms with Crippen LogP contribution in [0.5, 0.6) is 0 Å². The average molecular weight is 309 g/mol. The minimum Gasteiger partial charge on any atom is -0.398 e. The second-order valence-corrected chi connectivity index (χ2v) is 5.75. The molecule has 2 aromatic rings. The van der Waals surface area contributed by atoms with Gasteiger partial charge in [0, 0.05) is 22.4 Å². The Bertz CT molecular complexity index is 662. The number of aryl methyl sites for hydroxylation is 1. The fourth-order valence-corrected chi connectivity index (χ4v) is 3.12. The number of thioether (sulfide) groups is 1. The molecule has 0 aliphatic carbocycles. The highest BCUT2D eigenvalue weighted by atomic mass is 35.5. The SMILES string of the molecule is Cc1ccc(SCc2c(Cl)cccc2[N+](=O)[O-])c(N)c1. The van der Waals surface area contributed by atoms with Crippen LogP contribution >= 0.6 is 23.4 Å². The summed E-state index contributed by atoms with van der Waals surface area (Å²) in [5.74, 6) is 0.406. The number of hydrogen-bond acceptors (Lipinski definition) is 4. The van der Waals surface area contributed by atoms with E-state index in [0.29, 0.717) is 22.0 Å². The Hall–Kier alpha value is -1.72. The molecule has 2 N–H and O–H groups in total. The monoisotopic (exact) mass is 308 g/mol. The van der Waals surface area contributed by atoms with E-state index in [1.165, 1.54) is 17.8 Å². The summed E-state index contributed by atoms with van der Waals surface area (Å²) in [4.78, 5) is 11.5. The summed E-state index contributed by atoms with van der Waals surface area (Å²) in [5.41, 5.74) is 8.24. The molecule has 0 saturated carbocycles. The zero-order chi connectivity index (χ0) is 14.7. The maximum absolute atomic E-state index is 11.0. The summed E-state index contributed by atoms with van der Waals surface area (Å²) in [5, 5.41) is 11.4. The second-order valence-electron chi connectivity index (χ2n) is 4.32. The number of benzene rings is 2. The lowest BCUT2D eigenvalue weighted by Crippen LogP contribution is -1.96. The normalized spacial score (nSPS) is 10.5. The summed E-state index contributed by atoms with van der Waals surface area (Å²) in [7, 11) is 0. The molecule has 0 aliphatic heterocycles. The van der Waals surface area contributed by atoms with Gasteiger partial charge in [-0.3, -0.25) is 10.1 Å². The van der Waals surface area contributed by atoms with Crippen molar-refractivity contribution >= 4 is 34.7 Å². The van der Waals surface area contributed by atoms with Gasteiger partial charge in [-0.25, -0.2) is 0 Å². The number of halogens is 1. The van der Waals surface area contributed by atoms with Gasteiger partial charge >= 0.3 is 0 Å². The van der Waals surface area contributed by atoms with Crippen LogP contribution in [-0.2, 0) is 5.75 Å². The third-order valence-corrected chi connectivity index (χ3v) is 4.30. The van der Waals surface area contributed by atoms with Crippen LogP contribution in [0, 0.1) is 17.0 Å². The van der Waals surface area contributed by atoms with Crippen molar-refractivity contribution in [3.8, 4) is 0 Å². The zero-order valence-corrected chi connectivity index (χ0v) is 12.4. The molecule has 0 aromatic heterocycles. The lowest BCUT2D eigenvalue weighted by atomic mass is 10.2. The fourth-order valence-electron chi connectivity index (χ4n) is 1.81. The van der Waals surface area contributed by atoms with E-state index in [4.69, 9.17) is 17.3 Å². The molecule has 0 heterocycles.